The molecule has 0 aromatic heterocycles. The molecule has 2 amide bonds. The molecule has 0 spiro atoms. The van der Waals surface area contributed by atoms with Crippen molar-refractivity contribution in [3.63, 3.8) is 0 Å². The third-order valence-corrected chi connectivity index (χ3v) is 7.97. The number of nitrogens with one attached hydrogen (secondary N) is 1. The number of hydrogen-bond donors (Lipinski definition) is 1. The number of nitrogens with zero attached hydrogens (tertiary/aromatic N) is 2. The molecule has 0 aliphatic rings. The lowest BCUT2D eigenvalue weighted by atomic mass is 10.1. The maximum Gasteiger partial charge on any atom is 0.244 e. The van der Waals surface area contributed by atoms with Crippen LogP contribution in [0.15, 0.2) is 36.4 Å². The lowest BCUT2D eigenvalue weighted by Crippen LogP contribution is -2.52. The van der Waals surface area contributed by atoms with Gasteiger partial charge in [0.25, 0.3) is 0 Å². The Morgan fingerprint density at radius 3 is 2.19 bits per heavy atom. The molecule has 2 rings (SSSR count). The highest BCUT2D eigenvalue weighted by molar-refractivity contribution is 7.92. The van der Waals surface area contributed by atoms with E-state index in [0.29, 0.717) is 23.6 Å². The van der Waals surface area contributed by atoms with Crippen LogP contribution >= 0.6 is 46.4 Å². The summed E-state index contributed by atoms with van der Waals surface area (Å²) in [5, 5.41) is 3.50. The van der Waals surface area contributed by atoms with Gasteiger partial charge in [0.2, 0.25) is 21.8 Å². The first-order valence-corrected chi connectivity index (χ1v) is 14.7. The Labute approximate surface area is 232 Å². The predicted molar refractivity (Wildman–Crippen MR) is 148 cm³/mol. The molecule has 0 bridgehead atoms. The zero-order chi connectivity index (χ0) is 27.0. The molecule has 0 aliphatic carbocycles. The number of carbonyl (C=O) groups is 2. The number of unbranched alkanes of at least 4 members (excludes halogenated alkanes) is 1. The number of carbonyl (C=O) groups excluding carboxylic acids is 2. The molecule has 0 radical (unpaired) electrons. The standard InChI is InChI=1S/C24H29Cl4N3O4S/c1-4-6-11-29-24(33)21(5-2)30(14-16-9-7-8-10-17(16)25)23(32)15-31(36(3,34)35)22-13-19(27)18(26)12-20(22)28/h7-10,12-13,21H,4-6,11,14-15H2,1-3H3,(H,29,33)/t21-/m0/s1. The van der Waals surface area contributed by atoms with Gasteiger partial charge in [0.15, 0.2) is 0 Å². The van der Waals surface area contributed by atoms with Crippen molar-refractivity contribution >= 4 is 73.9 Å². The summed E-state index contributed by atoms with van der Waals surface area (Å²) >= 11 is 24.7. The fraction of sp³-hybridized carbons (Fsp3) is 0.417. The Bertz CT molecular complexity index is 1190. The predicted octanol–water partition coefficient (Wildman–Crippen LogP) is 5.79. The van der Waals surface area contributed by atoms with Crippen LogP contribution in [0.25, 0.3) is 0 Å². The van der Waals surface area contributed by atoms with Crippen molar-refractivity contribution in [1.82, 2.24) is 10.2 Å². The van der Waals surface area contributed by atoms with Crippen molar-refractivity contribution in [3.8, 4) is 0 Å². The molecule has 1 atom stereocenters. The van der Waals surface area contributed by atoms with Crippen molar-refractivity contribution in [1.29, 1.82) is 0 Å². The normalized spacial score (nSPS) is 12.2. The first kappa shape index (κ1) is 30.5. The van der Waals surface area contributed by atoms with Gasteiger partial charge in [-0.3, -0.25) is 13.9 Å². The summed E-state index contributed by atoms with van der Waals surface area (Å²) in [6.45, 7) is 3.64. The van der Waals surface area contributed by atoms with Crippen molar-refractivity contribution < 1.29 is 18.0 Å². The van der Waals surface area contributed by atoms with Gasteiger partial charge in [-0.1, -0.05) is 84.9 Å². The molecule has 12 heteroatoms. The van der Waals surface area contributed by atoms with E-state index in [1.165, 1.54) is 17.0 Å². The third kappa shape index (κ3) is 8.15. The van der Waals surface area contributed by atoms with E-state index in [1.54, 1.807) is 31.2 Å². The molecule has 198 valence electrons. The van der Waals surface area contributed by atoms with E-state index in [-0.39, 0.29) is 33.2 Å². The van der Waals surface area contributed by atoms with Crippen LogP contribution in [0, 0.1) is 0 Å². The van der Waals surface area contributed by atoms with Crippen LogP contribution in [0.2, 0.25) is 20.1 Å². The number of anilines is 1. The van der Waals surface area contributed by atoms with E-state index in [2.05, 4.69) is 5.32 Å². The van der Waals surface area contributed by atoms with Crippen molar-refractivity contribution in [2.75, 3.05) is 23.7 Å². The fourth-order valence-corrected chi connectivity index (χ4v) is 5.28. The number of rotatable bonds is 12. The summed E-state index contributed by atoms with van der Waals surface area (Å²) in [7, 11) is -3.98. The third-order valence-electron chi connectivity index (χ3n) is 5.45. The summed E-state index contributed by atoms with van der Waals surface area (Å²) in [6, 6.07) is 8.69. The molecule has 1 N–H and O–H groups in total. The van der Waals surface area contributed by atoms with Gasteiger partial charge < -0.3 is 10.2 Å². The van der Waals surface area contributed by atoms with Crippen LogP contribution < -0.4 is 9.62 Å². The molecular formula is C24H29Cl4N3O4S. The van der Waals surface area contributed by atoms with Crippen molar-refractivity contribution in [3.05, 3.63) is 62.1 Å². The van der Waals surface area contributed by atoms with Gasteiger partial charge in [-0.2, -0.15) is 0 Å². The van der Waals surface area contributed by atoms with Crippen LogP contribution in [-0.4, -0.2) is 50.5 Å². The van der Waals surface area contributed by atoms with Crippen molar-refractivity contribution in [2.45, 2.75) is 45.7 Å². The molecule has 7 nitrogen and oxygen atoms in total. The molecule has 0 heterocycles. The number of amides is 2. The minimum Gasteiger partial charge on any atom is -0.354 e. The van der Waals surface area contributed by atoms with Gasteiger partial charge in [-0.15, -0.1) is 0 Å². The molecule has 36 heavy (non-hydrogen) atoms. The lowest BCUT2D eigenvalue weighted by molar-refractivity contribution is -0.140. The smallest absolute Gasteiger partial charge is 0.244 e. The van der Waals surface area contributed by atoms with E-state index in [4.69, 9.17) is 46.4 Å². The van der Waals surface area contributed by atoms with Gasteiger partial charge >= 0.3 is 0 Å². The highest BCUT2D eigenvalue weighted by Gasteiger charge is 2.32. The average molecular weight is 597 g/mol. The Morgan fingerprint density at radius 1 is 0.972 bits per heavy atom. The van der Waals surface area contributed by atoms with E-state index in [9.17, 15) is 18.0 Å². The largest absolute Gasteiger partial charge is 0.354 e. The molecule has 2 aromatic carbocycles. The fourth-order valence-electron chi connectivity index (χ4n) is 3.53. The minimum absolute atomic E-state index is 0.0000518. The zero-order valence-corrected chi connectivity index (χ0v) is 24.1. The van der Waals surface area contributed by atoms with Crippen LogP contribution in [-0.2, 0) is 26.2 Å². The Morgan fingerprint density at radius 2 is 1.61 bits per heavy atom. The van der Waals surface area contributed by atoms with E-state index >= 15 is 0 Å². The minimum atomic E-state index is -3.98. The Balaban J connectivity index is 2.48. The highest BCUT2D eigenvalue weighted by atomic mass is 35.5. The Hall–Kier alpha value is -1.71. The second-order valence-corrected chi connectivity index (χ2v) is 11.7. The maximum absolute atomic E-state index is 13.7. The summed E-state index contributed by atoms with van der Waals surface area (Å²) in [6.07, 6.45) is 2.94. The summed E-state index contributed by atoms with van der Waals surface area (Å²) < 4.78 is 26.3. The monoisotopic (exact) mass is 595 g/mol. The summed E-state index contributed by atoms with van der Waals surface area (Å²) in [5.41, 5.74) is 0.617. The van der Waals surface area contributed by atoms with Gasteiger partial charge in [0.05, 0.1) is 27.0 Å². The number of halogens is 4. The molecule has 0 unspecified atom stereocenters. The number of hydrogen-bond acceptors (Lipinski definition) is 4. The van der Waals surface area contributed by atoms with Crippen molar-refractivity contribution in [2.24, 2.45) is 0 Å². The van der Waals surface area contributed by atoms with Crippen LogP contribution in [0.3, 0.4) is 0 Å². The average Bonchev–Trinajstić information content (AvgIpc) is 2.80. The second kappa shape index (κ2) is 13.7. The first-order chi connectivity index (χ1) is 16.9. The van der Waals surface area contributed by atoms with Gasteiger partial charge in [-0.25, -0.2) is 8.42 Å². The zero-order valence-electron chi connectivity index (χ0n) is 20.2. The molecule has 0 aliphatic heterocycles. The summed E-state index contributed by atoms with van der Waals surface area (Å²) in [4.78, 5) is 28.1. The summed E-state index contributed by atoms with van der Waals surface area (Å²) in [5.74, 6) is -0.940. The Kier molecular flexibility index (Phi) is 11.6. The molecule has 0 fully saturated rings. The van der Waals surface area contributed by atoms with Crippen LogP contribution in [0.1, 0.15) is 38.7 Å². The van der Waals surface area contributed by atoms with Crippen LogP contribution in [0.4, 0.5) is 5.69 Å². The molecule has 0 saturated heterocycles. The molecule has 2 aromatic rings. The van der Waals surface area contributed by atoms with Gasteiger partial charge in [-0.05, 0) is 36.6 Å². The van der Waals surface area contributed by atoms with Crippen LogP contribution in [0.5, 0.6) is 0 Å². The highest BCUT2D eigenvalue weighted by Crippen LogP contribution is 2.35. The van der Waals surface area contributed by atoms with E-state index < -0.39 is 28.5 Å². The topological polar surface area (TPSA) is 86.8 Å². The van der Waals surface area contributed by atoms with Gasteiger partial charge in [0.1, 0.15) is 12.6 Å². The van der Waals surface area contributed by atoms with Gasteiger partial charge in [0, 0.05) is 18.1 Å². The second-order valence-electron chi connectivity index (χ2n) is 8.17. The number of benzene rings is 2. The molecule has 0 saturated carbocycles. The lowest BCUT2D eigenvalue weighted by Gasteiger charge is -2.33. The number of sulfonamides is 1. The SMILES string of the molecule is CCCCNC(=O)[C@H](CC)N(Cc1ccccc1Cl)C(=O)CN(c1cc(Cl)c(Cl)cc1Cl)S(C)(=O)=O. The maximum atomic E-state index is 13.7. The first-order valence-electron chi connectivity index (χ1n) is 11.3. The quantitative estimate of drug-likeness (QED) is 0.248. The van der Waals surface area contributed by atoms with E-state index in [1.807, 2.05) is 6.92 Å². The van der Waals surface area contributed by atoms with E-state index in [0.717, 1.165) is 23.4 Å². The molecular weight excluding hydrogens is 568 g/mol.